The fourth-order valence-electron chi connectivity index (χ4n) is 2.28. The van der Waals surface area contributed by atoms with Crippen molar-refractivity contribution in [3.05, 3.63) is 41.5 Å². The van der Waals surface area contributed by atoms with Gasteiger partial charge in [-0.2, -0.15) is 0 Å². The Bertz CT molecular complexity index is 513. The highest BCUT2D eigenvalue weighted by Gasteiger charge is 2.18. The molecule has 0 saturated heterocycles. The van der Waals surface area contributed by atoms with Gasteiger partial charge < -0.3 is 14.0 Å². The summed E-state index contributed by atoms with van der Waals surface area (Å²) >= 11 is 0. The molecule has 2 aromatic rings. The topological polar surface area (TPSA) is 36.3 Å². The van der Waals surface area contributed by atoms with Crippen molar-refractivity contribution >= 4 is 0 Å². The van der Waals surface area contributed by atoms with Crippen LogP contribution in [0.25, 0.3) is 0 Å². The zero-order chi connectivity index (χ0) is 11.8. The first kappa shape index (κ1) is 10.2. The molecule has 0 spiro atoms. The van der Waals surface area contributed by atoms with Crippen molar-refractivity contribution in [3.8, 4) is 11.5 Å². The highest BCUT2D eigenvalue weighted by molar-refractivity contribution is 5.49. The third kappa shape index (κ3) is 1.56. The van der Waals surface area contributed by atoms with Crippen LogP contribution >= 0.6 is 0 Å². The van der Waals surface area contributed by atoms with Crippen LogP contribution in [0.4, 0.5) is 0 Å². The van der Waals surface area contributed by atoms with Gasteiger partial charge in [-0.05, 0) is 23.3 Å². The molecule has 0 radical (unpaired) electrons. The molecule has 0 atom stereocenters. The Labute approximate surface area is 99.8 Å². The van der Waals surface area contributed by atoms with Gasteiger partial charge in [0.25, 0.3) is 0 Å². The summed E-state index contributed by atoms with van der Waals surface area (Å²) in [6.07, 6.45) is 4.70. The molecule has 0 amide bonds. The van der Waals surface area contributed by atoms with E-state index >= 15 is 0 Å². The number of hydrogen-bond donors (Lipinski definition) is 0. The third-order valence-corrected chi connectivity index (χ3v) is 3.20. The van der Waals surface area contributed by atoms with E-state index in [9.17, 15) is 0 Å². The summed E-state index contributed by atoms with van der Waals surface area (Å²) in [5, 5.41) is 0. The Hall–Kier alpha value is -1.97. The number of benzene rings is 1. The minimum Gasteiger partial charge on any atom is -0.493 e. The van der Waals surface area contributed by atoms with Crippen LogP contribution < -0.4 is 9.47 Å². The molecular formula is C13H14N2O2. The molecule has 0 N–H and O–H groups in total. The van der Waals surface area contributed by atoms with Crippen LogP contribution in [0, 0.1) is 0 Å². The summed E-state index contributed by atoms with van der Waals surface area (Å²) in [4.78, 5) is 4.34. The molecule has 3 rings (SSSR count). The lowest BCUT2D eigenvalue weighted by Gasteiger charge is -2.20. The Morgan fingerprint density at radius 1 is 1.12 bits per heavy atom. The number of nitrogens with zero attached hydrogens (tertiary/aromatic N) is 2. The van der Waals surface area contributed by atoms with Gasteiger partial charge in [0.2, 0.25) is 0 Å². The van der Waals surface area contributed by atoms with Gasteiger partial charge in [0, 0.05) is 25.4 Å². The molecule has 88 valence electrons. The van der Waals surface area contributed by atoms with E-state index in [0.717, 1.165) is 30.3 Å². The summed E-state index contributed by atoms with van der Waals surface area (Å²) in [7, 11) is 3.32. The molecule has 4 nitrogen and oxygen atoms in total. The third-order valence-electron chi connectivity index (χ3n) is 3.20. The molecule has 1 aliphatic heterocycles. The lowest BCUT2D eigenvalue weighted by atomic mass is 10.00. The van der Waals surface area contributed by atoms with Gasteiger partial charge in [-0.3, -0.25) is 0 Å². The van der Waals surface area contributed by atoms with Gasteiger partial charge in [0.15, 0.2) is 11.5 Å². The van der Waals surface area contributed by atoms with E-state index in [1.165, 1.54) is 11.1 Å². The van der Waals surface area contributed by atoms with Crippen molar-refractivity contribution in [1.82, 2.24) is 9.55 Å². The Balaban J connectivity index is 2.08. The monoisotopic (exact) mass is 230 g/mol. The summed E-state index contributed by atoms with van der Waals surface area (Å²) in [5.74, 6) is 2.67. The van der Waals surface area contributed by atoms with E-state index in [1.807, 2.05) is 18.5 Å². The molecule has 0 unspecified atom stereocenters. The lowest BCUT2D eigenvalue weighted by molar-refractivity contribution is 0.353. The molecule has 17 heavy (non-hydrogen) atoms. The highest BCUT2D eigenvalue weighted by Crippen LogP contribution is 2.33. The number of hydrogen-bond acceptors (Lipinski definition) is 3. The maximum atomic E-state index is 5.32. The molecule has 0 bridgehead atoms. The maximum absolute atomic E-state index is 5.32. The zero-order valence-corrected chi connectivity index (χ0v) is 9.93. The van der Waals surface area contributed by atoms with E-state index in [2.05, 4.69) is 15.6 Å². The van der Waals surface area contributed by atoms with Crippen LogP contribution in [0.15, 0.2) is 24.5 Å². The van der Waals surface area contributed by atoms with E-state index in [-0.39, 0.29) is 0 Å². The quantitative estimate of drug-likeness (QED) is 0.674. The number of imidazole rings is 1. The number of aromatic nitrogens is 2. The SMILES string of the molecule is COc1cc2c(cc1OC)Cn1ccnc1C2. The summed E-state index contributed by atoms with van der Waals surface area (Å²) in [6.45, 7) is 0.852. The summed E-state index contributed by atoms with van der Waals surface area (Å²) in [5.41, 5.74) is 2.54. The van der Waals surface area contributed by atoms with Gasteiger partial charge in [-0.15, -0.1) is 0 Å². The van der Waals surface area contributed by atoms with Crippen molar-refractivity contribution < 1.29 is 9.47 Å². The second-order valence-electron chi connectivity index (χ2n) is 4.12. The van der Waals surface area contributed by atoms with Gasteiger partial charge in [0.1, 0.15) is 5.82 Å². The standard InChI is InChI=1S/C13H14N2O2/c1-16-11-5-9-7-13-14-3-4-15(13)8-10(9)6-12(11)17-2/h3-6H,7-8H2,1-2H3. The maximum Gasteiger partial charge on any atom is 0.161 e. The number of fused-ring (bicyclic) bond motifs is 2. The van der Waals surface area contributed by atoms with Crippen molar-refractivity contribution in [1.29, 1.82) is 0 Å². The van der Waals surface area contributed by atoms with Crippen LogP contribution in [-0.2, 0) is 13.0 Å². The van der Waals surface area contributed by atoms with E-state index in [4.69, 9.17) is 9.47 Å². The first-order valence-electron chi connectivity index (χ1n) is 5.55. The molecule has 4 heteroatoms. The number of methoxy groups -OCH3 is 2. The minimum atomic E-state index is 0.784. The first-order valence-corrected chi connectivity index (χ1v) is 5.55. The first-order chi connectivity index (χ1) is 8.31. The van der Waals surface area contributed by atoms with Crippen LogP contribution in [0.1, 0.15) is 17.0 Å². The van der Waals surface area contributed by atoms with Crippen LogP contribution in [-0.4, -0.2) is 23.8 Å². The smallest absolute Gasteiger partial charge is 0.161 e. The second-order valence-corrected chi connectivity index (χ2v) is 4.12. The van der Waals surface area contributed by atoms with E-state index < -0.39 is 0 Å². The van der Waals surface area contributed by atoms with Crippen molar-refractivity contribution in [2.24, 2.45) is 0 Å². The Morgan fingerprint density at radius 2 is 1.82 bits per heavy atom. The Morgan fingerprint density at radius 3 is 2.53 bits per heavy atom. The van der Waals surface area contributed by atoms with Crippen LogP contribution in [0.2, 0.25) is 0 Å². The van der Waals surface area contributed by atoms with Crippen LogP contribution in [0.3, 0.4) is 0 Å². The predicted octanol–water partition coefficient (Wildman–Crippen LogP) is 1.85. The summed E-state index contributed by atoms with van der Waals surface area (Å²) < 4.78 is 12.8. The zero-order valence-electron chi connectivity index (χ0n) is 9.93. The molecule has 1 aromatic carbocycles. The lowest BCUT2D eigenvalue weighted by Crippen LogP contribution is -2.14. The molecule has 1 aliphatic rings. The highest BCUT2D eigenvalue weighted by atomic mass is 16.5. The fourth-order valence-corrected chi connectivity index (χ4v) is 2.28. The average molecular weight is 230 g/mol. The average Bonchev–Trinajstić information content (AvgIpc) is 2.81. The van der Waals surface area contributed by atoms with Crippen molar-refractivity contribution in [2.75, 3.05) is 14.2 Å². The predicted molar refractivity (Wildman–Crippen MR) is 63.7 cm³/mol. The molecule has 0 fully saturated rings. The fraction of sp³-hybridized carbons (Fsp3) is 0.308. The molecule has 2 heterocycles. The van der Waals surface area contributed by atoms with Gasteiger partial charge in [-0.25, -0.2) is 4.98 Å². The normalized spacial score (nSPS) is 12.8. The second kappa shape index (κ2) is 3.80. The Kier molecular flexibility index (Phi) is 2.28. The minimum absolute atomic E-state index is 0.784. The van der Waals surface area contributed by atoms with Gasteiger partial charge in [0.05, 0.1) is 14.2 Å². The van der Waals surface area contributed by atoms with Crippen molar-refractivity contribution in [2.45, 2.75) is 13.0 Å². The molecular weight excluding hydrogens is 216 g/mol. The van der Waals surface area contributed by atoms with E-state index in [0.29, 0.717) is 0 Å². The number of rotatable bonds is 2. The molecule has 0 aliphatic carbocycles. The molecule has 1 aromatic heterocycles. The van der Waals surface area contributed by atoms with Crippen molar-refractivity contribution in [3.63, 3.8) is 0 Å². The van der Waals surface area contributed by atoms with Crippen LogP contribution in [0.5, 0.6) is 11.5 Å². The van der Waals surface area contributed by atoms with Gasteiger partial charge >= 0.3 is 0 Å². The number of ether oxygens (including phenoxy) is 2. The largest absolute Gasteiger partial charge is 0.493 e. The van der Waals surface area contributed by atoms with Gasteiger partial charge in [-0.1, -0.05) is 0 Å². The van der Waals surface area contributed by atoms with E-state index in [1.54, 1.807) is 14.2 Å². The molecule has 0 saturated carbocycles. The summed E-state index contributed by atoms with van der Waals surface area (Å²) in [6, 6.07) is 4.10.